The predicted octanol–water partition coefficient (Wildman–Crippen LogP) is 11.8. The summed E-state index contributed by atoms with van der Waals surface area (Å²) in [6, 6.07) is 48.9. The first-order chi connectivity index (χ1) is 25.9. The van der Waals surface area contributed by atoms with Crippen LogP contribution in [0.1, 0.15) is 5.48 Å². The van der Waals surface area contributed by atoms with Gasteiger partial charge in [-0.15, -0.1) is 0 Å². The summed E-state index contributed by atoms with van der Waals surface area (Å²) in [6.45, 7) is 0. The summed E-state index contributed by atoms with van der Waals surface area (Å²) >= 11 is 0. The van der Waals surface area contributed by atoms with Gasteiger partial charge in [0.25, 0.3) is 0 Å². The van der Waals surface area contributed by atoms with Crippen molar-refractivity contribution in [1.82, 2.24) is 15.0 Å². The first kappa shape index (κ1) is 24.5. The monoisotopic (exact) mass is 631 g/mol. The number of nitrogens with zero attached hydrogens (tertiary/aromatic N) is 3. The number of para-hydroxylation sites is 1. The van der Waals surface area contributed by atoms with Gasteiger partial charge in [-0.2, -0.15) is 0 Å². The fourth-order valence-electron chi connectivity index (χ4n) is 6.13. The largest absolute Gasteiger partial charge is 0.455 e. The molecule has 0 saturated carbocycles. The molecule has 0 aliphatic heterocycles. The first-order valence-corrected chi connectivity index (χ1v) is 16.0. The highest BCUT2D eigenvalue weighted by Crippen LogP contribution is 2.38. The number of benzene rings is 7. The molecule has 0 unspecified atom stereocenters. The number of hydrogen-bond donors (Lipinski definition) is 0. The zero-order chi connectivity index (χ0) is 36.1. The molecule has 0 amide bonds. The molecular formula is C45H29N3O. The Morgan fingerprint density at radius 3 is 1.61 bits per heavy atom. The lowest BCUT2D eigenvalue weighted by Gasteiger charge is -2.10. The van der Waals surface area contributed by atoms with Gasteiger partial charge < -0.3 is 4.42 Å². The van der Waals surface area contributed by atoms with Crippen molar-refractivity contribution < 1.29 is 9.90 Å². The van der Waals surface area contributed by atoms with Crippen molar-refractivity contribution in [3.8, 4) is 67.5 Å². The Hall–Kier alpha value is -6.65. The third kappa shape index (κ3) is 5.45. The summed E-state index contributed by atoms with van der Waals surface area (Å²) in [5, 5.41) is 0.684. The highest BCUT2D eigenvalue weighted by Gasteiger charge is 2.17. The molecular weight excluding hydrogens is 599 g/mol. The van der Waals surface area contributed by atoms with Gasteiger partial charge in [0.05, 0.1) is 5.48 Å². The summed E-state index contributed by atoms with van der Waals surface area (Å²) in [5.74, 6) is 1.07. The number of fused-ring (bicyclic) bond motifs is 3. The van der Waals surface area contributed by atoms with E-state index in [1.54, 1.807) is 6.07 Å². The molecule has 2 aromatic heterocycles. The van der Waals surface area contributed by atoms with Crippen LogP contribution in [0.25, 0.3) is 89.5 Å². The van der Waals surface area contributed by atoms with Crippen molar-refractivity contribution in [3.63, 3.8) is 0 Å². The van der Waals surface area contributed by atoms with E-state index >= 15 is 0 Å². The summed E-state index contributed by atoms with van der Waals surface area (Å²) in [6.07, 6.45) is 0. The van der Waals surface area contributed by atoms with Crippen molar-refractivity contribution in [1.29, 1.82) is 0 Å². The summed E-state index contributed by atoms with van der Waals surface area (Å²) < 4.78 is 42.6. The van der Waals surface area contributed by atoms with Crippen LogP contribution in [0.3, 0.4) is 0 Å². The minimum atomic E-state index is 0.0222. The fourth-order valence-corrected chi connectivity index (χ4v) is 6.13. The van der Waals surface area contributed by atoms with Crippen LogP contribution in [-0.4, -0.2) is 15.0 Å². The highest BCUT2D eigenvalue weighted by atomic mass is 16.3. The Morgan fingerprint density at radius 1 is 0.388 bits per heavy atom. The fraction of sp³-hybridized carbons (Fsp3) is 0. The van der Waals surface area contributed by atoms with Gasteiger partial charge >= 0.3 is 0 Å². The molecule has 0 bridgehead atoms. The number of hydrogen-bond acceptors (Lipinski definition) is 4. The van der Waals surface area contributed by atoms with E-state index in [0.717, 1.165) is 38.9 Å². The molecule has 4 nitrogen and oxygen atoms in total. The van der Waals surface area contributed by atoms with Crippen LogP contribution < -0.4 is 0 Å². The van der Waals surface area contributed by atoms with Crippen LogP contribution >= 0.6 is 0 Å². The van der Waals surface area contributed by atoms with Gasteiger partial charge in [0.15, 0.2) is 17.5 Å². The van der Waals surface area contributed by atoms with Crippen LogP contribution in [-0.2, 0) is 0 Å². The molecule has 0 N–H and O–H groups in total. The van der Waals surface area contributed by atoms with E-state index in [-0.39, 0.29) is 35.6 Å². The Morgan fingerprint density at radius 2 is 0.918 bits per heavy atom. The summed E-state index contributed by atoms with van der Waals surface area (Å²) in [4.78, 5) is 14.8. The second-order valence-electron chi connectivity index (χ2n) is 11.7. The van der Waals surface area contributed by atoms with E-state index in [1.807, 2.05) is 115 Å². The van der Waals surface area contributed by atoms with Gasteiger partial charge in [-0.1, -0.05) is 152 Å². The molecule has 0 fully saturated rings. The molecule has 0 atom stereocenters. The van der Waals surface area contributed by atoms with Crippen molar-refractivity contribution >= 4 is 21.9 Å². The standard InChI is InChI=1S/C45H29N3O/c1-4-12-30(13-5-1)32-22-24-34(25-23-32)43-46-44(36-19-10-18-35(28-36)31-14-6-2-7-15-31)48-45(47-43)37-26-27-41-40(29-37)39-21-11-20-38(42(39)49-41)33-16-8-3-9-17-33/h1-29H/i20D,21D,27D,29D. The molecule has 0 saturated heterocycles. The zero-order valence-corrected chi connectivity index (χ0v) is 26.2. The molecule has 0 radical (unpaired) electrons. The highest BCUT2D eigenvalue weighted by molar-refractivity contribution is 6.10. The lowest BCUT2D eigenvalue weighted by molar-refractivity contribution is 0.670. The van der Waals surface area contributed by atoms with E-state index in [9.17, 15) is 1.37 Å². The molecule has 9 rings (SSSR count). The van der Waals surface area contributed by atoms with Crippen molar-refractivity contribution in [3.05, 3.63) is 176 Å². The van der Waals surface area contributed by atoms with Gasteiger partial charge in [0.2, 0.25) is 0 Å². The Kier molecular flexibility index (Phi) is 6.09. The molecule has 9 aromatic rings. The topological polar surface area (TPSA) is 51.8 Å². The molecule has 7 aromatic carbocycles. The quantitative estimate of drug-likeness (QED) is 0.183. The Balaban J connectivity index is 1.26. The van der Waals surface area contributed by atoms with Crippen LogP contribution in [0.15, 0.2) is 180 Å². The Labute approximate surface area is 289 Å². The maximum absolute atomic E-state index is 9.54. The minimum Gasteiger partial charge on any atom is -0.455 e. The normalized spacial score (nSPS) is 12.4. The van der Waals surface area contributed by atoms with E-state index < -0.39 is 0 Å². The molecule has 2 heterocycles. The van der Waals surface area contributed by atoms with Gasteiger partial charge in [-0.05, 0) is 52.0 Å². The second-order valence-corrected chi connectivity index (χ2v) is 11.7. The van der Waals surface area contributed by atoms with Gasteiger partial charge in [-0.3, -0.25) is 0 Å². The summed E-state index contributed by atoms with van der Waals surface area (Å²) in [7, 11) is 0. The van der Waals surface area contributed by atoms with Crippen LogP contribution in [0.5, 0.6) is 0 Å². The number of furan rings is 1. The molecule has 0 aliphatic carbocycles. The molecule has 0 aliphatic rings. The first-order valence-electron chi connectivity index (χ1n) is 18.0. The third-order valence-electron chi connectivity index (χ3n) is 8.59. The molecule has 0 spiro atoms. The lowest BCUT2D eigenvalue weighted by atomic mass is 10.0. The van der Waals surface area contributed by atoms with Gasteiger partial charge in [0, 0.05) is 33.0 Å². The second kappa shape index (κ2) is 12.2. The zero-order valence-electron chi connectivity index (χ0n) is 30.2. The smallest absolute Gasteiger partial charge is 0.164 e. The average Bonchev–Trinajstić information content (AvgIpc) is 3.62. The van der Waals surface area contributed by atoms with Gasteiger partial charge in [0.1, 0.15) is 11.2 Å². The molecule has 4 heteroatoms. The van der Waals surface area contributed by atoms with Crippen LogP contribution in [0.4, 0.5) is 0 Å². The predicted molar refractivity (Wildman–Crippen MR) is 200 cm³/mol. The SMILES string of the molecule is [2H]c1cc([2H])c2c(oc3c([2H])cc(-c4nc(-c5ccc(-c6ccccc6)cc5)nc(-c5cccc(-c6ccccc6)c5)n4)c([2H])c32)c1-c1ccccc1. The number of rotatable bonds is 6. The van der Waals surface area contributed by atoms with Crippen molar-refractivity contribution in [2.45, 2.75) is 0 Å². The summed E-state index contributed by atoms with van der Waals surface area (Å²) in [5.41, 5.74) is 7.80. The molecule has 49 heavy (non-hydrogen) atoms. The third-order valence-corrected chi connectivity index (χ3v) is 8.59. The van der Waals surface area contributed by atoms with E-state index in [0.29, 0.717) is 39.1 Å². The van der Waals surface area contributed by atoms with Crippen LogP contribution in [0.2, 0.25) is 0 Å². The maximum atomic E-state index is 9.54. The minimum absolute atomic E-state index is 0.0222. The van der Waals surface area contributed by atoms with Gasteiger partial charge in [-0.25, -0.2) is 15.0 Å². The van der Waals surface area contributed by atoms with E-state index in [1.165, 1.54) is 6.07 Å². The Bertz CT molecular complexity index is 2810. The van der Waals surface area contributed by atoms with Crippen molar-refractivity contribution in [2.24, 2.45) is 0 Å². The maximum Gasteiger partial charge on any atom is 0.164 e. The average molecular weight is 632 g/mol. The van der Waals surface area contributed by atoms with Crippen molar-refractivity contribution in [2.75, 3.05) is 0 Å². The molecule has 230 valence electrons. The lowest BCUT2D eigenvalue weighted by Crippen LogP contribution is -2.00. The van der Waals surface area contributed by atoms with E-state index in [2.05, 4.69) is 24.3 Å². The van der Waals surface area contributed by atoms with E-state index in [4.69, 9.17) is 23.5 Å². The number of aromatic nitrogens is 3. The van der Waals surface area contributed by atoms with Crippen LogP contribution in [0, 0.1) is 0 Å².